The van der Waals surface area contributed by atoms with Crippen LogP contribution in [0, 0.1) is 6.92 Å². The van der Waals surface area contributed by atoms with Crippen molar-refractivity contribution in [2.45, 2.75) is 18.2 Å². The maximum absolute atomic E-state index is 11.9. The van der Waals surface area contributed by atoms with Gasteiger partial charge in [0.05, 0.1) is 0 Å². The summed E-state index contributed by atoms with van der Waals surface area (Å²) in [6.07, 6.45) is 1.36. The van der Waals surface area contributed by atoms with Crippen LogP contribution >= 0.6 is 0 Å². The highest BCUT2D eigenvalue weighted by Crippen LogP contribution is 2.10. The van der Waals surface area contributed by atoms with Crippen LogP contribution in [0.1, 0.15) is 22.2 Å². The third-order valence-corrected chi connectivity index (χ3v) is 3.84. The summed E-state index contributed by atoms with van der Waals surface area (Å²) >= 11 is 0. The van der Waals surface area contributed by atoms with E-state index in [4.69, 9.17) is 9.63 Å². The molecule has 0 aliphatic carbocycles. The summed E-state index contributed by atoms with van der Waals surface area (Å²) in [6.45, 7) is 1.72. The molecule has 0 aliphatic heterocycles. The van der Waals surface area contributed by atoms with Gasteiger partial charge in [0, 0.05) is 19.2 Å². The van der Waals surface area contributed by atoms with Crippen LogP contribution in [0.5, 0.6) is 0 Å². The summed E-state index contributed by atoms with van der Waals surface area (Å²) in [5.41, 5.74) is -0.196. The summed E-state index contributed by atoms with van der Waals surface area (Å²) in [6, 6.07) is 1.04. The number of carboxylic acid groups (broad SMARTS) is 1. The van der Waals surface area contributed by atoms with Gasteiger partial charge < -0.3 is 14.6 Å². The minimum Gasteiger partial charge on any atom is -0.477 e. The van der Waals surface area contributed by atoms with Crippen molar-refractivity contribution in [2.24, 2.45) is 0 Å². The van der Waals surface area contributed by atoms with Gasteiger partial charge in [0.25, 0.3) is 0 Å². The molecule has 2 aromatic rings. The van der Waals surface area contributed by atoms with Crippen molar-refractivity contribution in [2.75, 3.05) is 6.54 Å². The smallest absolute Gasteiger partial charge is 0.352 e. The normalized spacial score (nSPS) is 11.7. The van der Waals surface area contributed by atoms with E-state index in [1.807, 2.05) is 0 Å². The van der Waals surface area contributed by atoms with Crippen LogP contribution in [0.3, 0.4) is 0 Å². The van der Waals surface area contributed by atoms with Crippen LogP contribution in [-0.2, 0) is 16.4 Å². The molecule has 0 saturated carbocycles. The highest BCUT2D eigenvalue weighted by atomic mass is 32.2. The molecule has 0 unspecified atom stereocenters. The molecule has 0 spiro atoms. The molecule has 20 heavy (non-hydrogen) atoms. The van der Waals surface area contributed by atoms with Gasteiger partial charge in [-0.2, -0.15) is 4.98 Å². The minimum absolute atomic E-state index is 0.0670. The van der Waals surface area contributed by atoms with Crippen molar-refractivity contribution in [1.82, 2.24) is 19.8 Å². The standard InChI is InChI=1S/C10H12N4O5S/c1-6-13-9(19-14-6)2-3-12-20(17,18)7-4-8(10(15)16)11-5-7/h4-5,11-12H,2-3H2,1H3,(H,15,16). The van der Waals surface area contributed by atoms with Gasteiger partial charge >= 0.3 is 5.97 Å². The highest BCUT2D eigenvalue weighted by Gasteiger charge is 2.18. The van der Waals surface area contributed by atoms with E-state index in [0.29, 0.717) is 11.7 Å². The zero-order chi connectivity index (χ0) is 14.8. The fraction of sp³-hybridized carbons (Fsp3) is 0.300. The second-order valence-electron chi connectivity index (χ2n) is 3.94. The second-order valence-corrected chi connectivity index (χ2v) is 5.70. The van der Waals surface area contributed by atoms with Gasteiger partial charge in [0.1, 0.15) is 10.6 Å². The maximum atomic E-state index is 11.9. The number of rotatable bonds is 6. The first kappa shape index (κ1) is 14.2. The lowest BCUT2D eigenvalue weighted by Crippen LogP contribution is -2.25. The molecule has 0 amide bonds. The summed E-state index contributed by atoms with van der Waals surface area (Å²) in [5.74, 6) is -0.433. The maximum Gasteiger partial charge on any atom is 0.352 e. The molecule has 3 N–H and O–H groups in total. The predicted molar refractivity (Wildman–Crippen MR) is 65.7 cm³/mol. The third-order valence-electron chi connectivity index (χ3n) is 2.40. The lowest BCUT2D eigenvalue weighted by molar-refractivity contribution is 0.0691. The zero-order valence-electron chi connectivity index (χ0n) is 10.5. The van der Waals surface area contributed by atoms with E-state index in [9.17, 15) is 13.2 Å². The molecule has 2 aromatic heterocycles. The second kappa shape index (κ2) is 5.43. The molecule has 0 bridgehead atoms. The van der Waals surface area contributed by atoms with Crippen molar-refractivity contribution in [1.29, 1.82) is 0 Å². The van der Waals surface area contributed by atoms with Crippen LogP contribution in [-0.4, -0.2) is 41.2 Å². The number of hydrogen-bond acceptors (Lipinski definition) is 6. The monoisotopic (exact) mass is 300 g/mol. The summed E-state index contributed by atoms with van der Waals surface area (Å²) in [5, 5.41) is 12.3. The van der Waals surface area contributed by atoms with E-state index >= 15 is 0 Å². The molecule has 0 aromatic carbocycles. The van der Waals surface area contributed by atoms with Crippen LogP contribution in [0.25, 0.3) is 0 Å². The van der Waals surface area contributed by atoms with Crippen molar-refractivity contribution in [3.8, 4) is 0 Å². The first-order valence-electron chi connectivity index (χ1n) is 5.59. The molecule has 0 aliphatic rings. The number of hydrogen-bond donors (Lipinski definition) is 3. The molecule has 2 heterocycles. The molecule has 0 fully saturated rings. The number of aromatic carboxylic acids is 1. The summed E-state index contributed by atoms with van der Waals surface area (Å²) in [4.78, 5) is 16.8. The Labute approximate surface area is 114 Å². The fourth-order valence-corrected chi connectivity index (χ4v) is 2.49. The van der Waals surface area contributed by atoms with Gasteiger partial charge in [0.15, 0.2) is 5.82 Å². The number of aromatic nitrogens is 3. The number of H-pyrrole nitrogens is 1. The molecule has 10 heteroatoms. The van der Waals surface area contributed by atoms with Crippen molar-refractivity contribution < 1.29 is 22.8 Å². The molecule has 9 nitrogen and oxygen atoms in total. The number of aryl methyl sites for hydroxylation is 1. The van der Waals surface area contributed by atoms with Gasteiger partial charge in [-0.1, -0.05) is 5.16 Å². The highest BCUT2D eigenvalue weighted by molar-refractivity contribution is 7.89. The molecule has 0 atom stereocenters. The Balaban J connectivity index is 1.98. The molecule has 2 rings (SSSR count). The Morgan fingerprint density at radius 2 is 2.30 bits per heavy atom. The van der Waals surface area contributed by atoms with E-state index in [1.165, 1.54) is 0 Å². The molecular formula is C10H12N4O5S. The lowest BCUT2D eigenvalue weighted by atomic mass is 10.4. The topological polar surface area (TPSA) is 138 Å². The van der Waals surface area contributed by atoms with E-state index in [2.05, 4.69) is 19.8 Å². The molecule has 0 saturated heterocycles. The number of nitrogens with zero attached hydrogens (tertiary/aromatic N) is 2. The largest absolute Gasteiger partial charge is 0.477 e. The van der Waals surface area contributed by atoms with Gasteiger partial charge in [-0.15, -0.1) is 0 Å². The Bertz CT molecular complexity index is 718. The van der Waals surface area contributed by atoms with Crippen LogP contribution in [0.4, 0.5) is 0 Å². The quantitative estimate of drug-likeness (QED) is 0.678. The van der Waals surface area contributed by atoms with E-state index < -0.39 is 16.0 Å². The summed E-state index contributed by atoms with van der Waals surface area (Å²) < 4.78 is 30.9. The number of nitrogens with one attached hydrogen (secondary N) is 2. The van der Waals surface area contributed by atoms with Crippen LogP contribution in [0.2, 0.25) is 0 Å². The van der Waals surface area contributed by atoms with Gasteiger partial charge in [-0.25, -0.2) is 17.9 Å². The average molecular weight is 300 g/mol. The first-order chi connectivity index (χ1) is 9.38. The Kier molecular flexibility index (Phi) is 3.86. The Hall–Kier alpha value is -2.20. The number of carbonyl (C=O) groups is 1. The predicted octanol–water partition coefficient (Wildman–Crippen LogP) is -0.0747. The van der Waals surface area contributed by atoms with Crippen molar-refractivity contribution in [3.63, 3.8) is 0 Å². The van der Waals surface area contributed by atoms with Crippen LogP contribution < -0.4 is 4.72 Å². The number of sulfonamides is 1. The Morgan fingerprint density at radius 3 is 2.85 bits per heavy atom. The van der Waals surface area contributed by atoms with E-state index in [1.54, 1.807) is 6.92 Å². The number of carboxylic acids is 1. The third kappa shape index (κ3) is 3.22. The zero-order valence-corrected chi connectivity index (χ0v) is 11.3. The van der Waals surface area contributed by atoms with Crippen LogP contribution in [0.15, 0.2) is 21.7 Å². The molecule has 0 radical (unpaired) electrons. The fourth-order valence-electron chi connectivity index (χ4n) is 1.47. The molecule has 108 valence electrons. The summed E-state index contributed by atoms with van der Waals surface area (Å²) in [7, 11) is -3.77. The minimum atomic E-state index is -3.77. The van der Waals surface area contributed by atoms with Gasteiger partial charge in [-0.3, -0.25) is 0 Å². The SMILES string of the molecule is Cc1noc(CCNS(=O)(=O)c2c[nH]c(C(=O)O)c2)n1. The van der Waals surface area contributed by atoms with Crippen molar-refractivity contribution in [3.05, 3.63) is 29.7 Å². The lowest BCUT2D eigenvalue weighted by Gasteiger charge is -2.02. The van der Waals surface area contributed by atoms with Crippen molar-refractivity contribution >= 4 is 16.0 Å². The molecular weight excluding hydrogens is 288 g/mol. The van der Waals surface area contributed by atoms with E-state index in [-0.39, 0.29) is 23.6 Å². The van der Waals surface area contributed by atoms with E-state index in [0.717, 1.165) is 12.3 Å². The Morgan fingerprint density at radius 1 is 1.55 bits per heavy atom. The van der Waals surface area contributed by atoms with Gasteiger partial charge in [0.2, 0.25) is 15.9 Å². The first-order valence-corrected chi connectivity index (χ1v) is 7.07. The number of aromatic amines is 1. The average Bonchev–Trinajstić information content (AvgIpc) is 2.98. The van der Waals surface area contributed by atoms with Gasteiger partial charge in [-0.05, 0) is 13.0 Å².